The van der Waals surface area contributed by atoms with Crippen molar-refractivity contribution < 1.29 is 14.0 Å². The third kappa shape index (κ3) is 3.30. The van der Waals surface area contributed by atoms with Crippen LogP contribution in [0, 0.1) is 5.82 Å². The van der Waals surface area contributed by atoms with Gasteiger partial charge in [-0.1, -0.05) is 0 Å². The zero-order valence-corrected chi connectivity index (χ0v) is 9.18. The Morgan fingerprint density at radius 2 is 2.24 bits per heavy atom. The Kier molecular flexibility index (Phi) is 4.21. The minimum absolute atomic E-state index is 0.00474. The second-order valence-corrected chi connectivity index (χ2v) is 3.15. The zero-order chi connectivity index (χ0) is 12.8. The van der Waals surface area contributed by atoms with Gasteiger partial charge in [0.25, 0.3) is 0 Å². The van der Waals surface area contributed by atoms with Gasteiger partial charge in [0.05, 0.1) is 11.4 Å². The molecule has 17 heavy (non-hydrogen) atoms. The highest BCUT2D eigenvalue weighted by atomic mass is 19.1. The number of carbonyl (C=O) groups excluding carboxylic acids is 2. The number of rotatable bonds is 4. The van der Waals surface area contributed by atoms with Gasteiger partial charge < -0.3 is 11.1 Å². The number of likely N-dealkylation sites (N-methyl/N-ethyl adjacent to an activating group) is 1. The molecule has 2 amide bonds. The van der Waals surface area contributed by atoms with Crippen molar-refractivity contribution >= 4 is 23.7 Å². The van der Waals surface area contributed by atoms with Crippen LogP contribution in [0.2, 0.25) is 0 Å². The summed E-state index contributed by atoms with van der Waals surface area (Å²) in [5, 5.41) is 2.35. The number of anilines is 2. The molecular weight excluding hydrogens is 225 g/mol. The van der Waals surface area contributed by atoms with Crippen molar-refractivity contribution in [1.82, 2.24) is 5.32 Å². The number of hydrogen-bond donors (Lipinski definition) is 2. The average Bonchev–Trinajstić information content (AvgIpc) is 2.33. The normalized spacial score (nSPS) is 10.2. The van der Waals surface area contributed by atoms with Crippen LogP contribution in [0.25, 0.3) is 0 Å². The number of nitrogen functional groups attached to an aromatic ring is 1. The van der Waals surface area contributed by atoms with Gasteiger partial charge in [-0.15, -0.1) is 0 Å². The van der Waals surface area contributed by atoms with Crippen LogP contribution >= 0.6 is 0 Å². The number of nitrogens with one attached hydrogen (secondary N) is 1. The van der Waals surface area contributed by atoms with Crippen LogP contribution in [-0.2, 0) is 9.59 Å². The van der Waals surface area contributed by atoms with E-state index in [4.69, 9.17) is 5.73 Å². The molecule has 0 radical (unpaired) electrons. The molecule has 0 aliphatic heterocycles. The number of nitrogens with two attached hydrogens (primary N) is 1. The first kappa shape index (κ1) is 12.7. The summed E-state index contributed by atoms with van der Waals surface area (Å²) in [4.78, 5) is 22.8. The third-order valence-corrected chi connectivity index (χ3v) is 2.03. The van der Waals surface area contributed by atoms with Gasteiger partial charge in [-0.05, 0) is 12.1 Å². The van der Waals surface area contributed by atoms with Crippen LogP contribution in [0.5, 0.6) is 0 Å². The van der Waals surface area contributed by atoms with Crippen molar-refractivity contribution in [3.8, 4) is 0 Å². The Balaban J connectivity index is 2.94. The predicted molar refractivity (Wildman–Crippen MR) is 62.6 cm³/mol. The van der Waals surface area contributed by atoms with Crippen molar-refractivity contribution in [1.29, 1.82) is 0 Å². The van der Waals surface area contributed by atoms with Gasteiger partial charge in [0, 0.05) is 25.4 Å². The largest absolute Gasteiger partial charge is 0.396 e. The summed E-state index contributed by atoms with van der Waals surface area (Å²) in [5.74, 6) is -0.990. The average molecular weight is 237 g/mol. The van der Waals surface area contributed by atoms with Gasteiger partial charge in [-0.3, -0.25) is 14.5 Å². The van der Waals surface area contributed by atoms with Crippen LogP contribution in [0.15, 0.2) is 30.5 Å². The zero-order valence-electron chi connectivity index (χ0n) is 9.18. The summed E-state index contributed by atoms with van der Waals surface area (Å²) in [5.41, 5.74) is 5.59. The van der Waals surface area contributed by atoms with Crippen LogP contribution in [0.4, 0.5) is 15.8 Å². The highest BCUT2D eigenvalue weighted by Crippen LogP contribution is 2.19. The first-order valence-electron chi connectivity index (χ1n) is 4.77. The summed E-state index contributed by atoms with van der Waals surface area (Å²) in [6.07, 6.45) is 2.85. The molecule has 0 unspecified atom stereocenters. The van der Waals surface area contributed by atoms with E-state index in [9.17, 15) is 14.0 Å². The summed E-state index contributed by atoms with van der Waals surface area (Å²) in [6, 6.07) is 3.92. The molecule has 6 heteroatoms. The maximum absolute atomic E-state index is 13.2. The Labute approximate surface area is 97.7 Å². The molecule has 0 aliphatic rings. The lowest BCUT2D eigenvalue weighted by molar-refractivity contribution is -0.116. The number of halogens is 1. The Hall–Kier alpha value is -2.37. The van der Waals surface area contributed by atoms with Crippen LogP contribution in [0.1, 0.15) is 0 Å². The Morgan fingerprint density at radius 3 is 2.76 bits per heavy atom. The van der Waals surface area contributed by atoms with E-state index in [2.05, 4.69) is 5.32 Å². The molecule has 0 spiro atoms. The van der Waals surface area contributed by atoms with Crippen LogP contribution in [0.3, 0.4) is 0 Å². The van der Waals surface area contributed by atoms with Gasteiger partial charge in [-0.2, -0.15) is 0 Å². The fraction of sp³-hybridized carbons (Fsp3) is 0.0909. The molecule has 1 aromatic rings. The summed E-state index contributed by atoms with van der Waals surface area (Å²) < 4.78 is 13.2. The molecule has 1 aromatic carbocycles. The Bertz CT molecular complexity index is 460. The number of carbonyl (C=O) groups is 2. The van der Waals surface area contributed by atoms with Gasteiger partial charge in [0.15, 0.2) is 0 Å². The quantitative estimate of drug-likeness (QED) is 0.458. The second-order valence-electron chi connectivity index (χ2n) is 3.15. The molecule has 3 N–H and O–H groups in total. The number of benzene rings is 1. The summed E-state index contributed by atoms with van der Waals surface area (Å²) in [6.45, 7) is 0. The van der Waals surface area contributed by atoms with Crippen molar-refractivity contribution in [2.45, 2.75) is 0 Å². The van der Waals surface area contributed by atoms with E-state index in [1.807, 2.05) is 0 Å². The number of hydrogen-bond acceptors (Lipinski definition) is 3. The highest BCUT2D eigenvalue weighted by Gasteiger charge is 2.05. The molecule has 1 rings (SSSR count). The van der Waals surface area contributed by atoms with Gasteiger partial charge >= 0.3 is 0 Å². The number of amides is 2. The fourth-order valence-corrected chi connectivity index (χ4v) is 1.09. The molecule has 0 bridgehead atoms. The maximum atomic E-state index is 13.2. The van der Waals surface area contributed by atoms with Gasteiger partial charge in [0.1, 0.15) is 5.82 Å². The third-order valence-electron chi connectivity index (χ3n) is 2.03. The van der Waals surface area contributed by atoms with Gasteiger partial charge in [-0.25, -0.2) is 4.39 Å². The van der Waals surface area contributed by atoms with Crippen molar-refractivity contribution in [3.05, 3.63) is 36.3 Å². The lowest BCUT2D eigenvalue weighted by atomic mass is 10.2. The smallest absolute Gasteiger partial charge is 0.245 e. The van der Waals surface area contributed by atoms with Crippen molar-refractivity contribution in [2.75, 3.05) is 17.7 Å². The minimum atomic E-state index is -0.623. The van der Waals surface area contributed by atoms with E-state index in [0.29, 0.717) is 6.41 Å². The summed E-state index contributed by atoms with van der Waals surface area (Å²) in [7, 11) is 1.46. The molecule has 0 aromatic heterocycles. The lowest BCUT2D eigenvalue weighted by Crippen LogP contribution is -2.18. The molecule has 0 aliphatic carbocycles. The molecule has 0 atom stereocenters. The SMILES string of the molecule is CNC(=O)/C=C\N(C=O)c1ccc(N)c(F)c1. The molecular formula is C11H12FN3O2. The molecule has 0 saturated carbocycles. The monoisotopic (exact) mass is 237 g/mol. The summed E-state index contributed by atoms with van der Waals surface area (Å²) >= 11 is 0. The minimum Gasteiger partial charge on any atom is -0.396 e. The molecule has 0 saturated heterocycles. The first-order valence-corrected chi connectivity index (χ1v) is 4.77. The molecule has 5 nitrogen and oxygen atoms in total. The molecule has 0 fully saturated rings. The van der Waals surface area contributed by atoms with Crippen LogP contribution < -0.4 is 16.0 Å². The second kappa shape index (κ2) is 5.64. The topological polar surface area (TPSA) is 75.4 Å². The van der Waals surface area contributed by atoms with E-state index in [1.54, 1.807) is 0 Å². The molecule has 0 heterocycles. The fourth-order valence-electron chi connectivity index (χ4n) is 1.09. The number of nitrogens with zero attached hydrogens (tertiary/aromatic N) is 1. The van der Waals surface area contributed by atoms with Crippen molar-refractivity contribution in [3.63, 3.8) is 0 Å². The highest BCUT2D eigenvalue weighted by molar-refractivity contribution is 5.89. The van der Waals surface area contributed by atoms with E-state index in [0.717, 1.165) is 17.0 Å². The Morgan fingerprint density at radius 1 is 1.53 bits per heavy atom. The van der Waals surface area contributed by atoms with Gasteiger partial charge in [0.2, 0.25) is 12.3 Å². The maximum Gasteiger partial charge on any atom is 0.245 e. The van der Waals surface area contributed by atoms with Crippen LogP contribution in [-0.4, -0.2) is 19.4 Å². The lowest BCUT2D eigenvalue weighted by Gasteiger charge is -2.12. The van der Waals surface area contributed by atoms with E-state index < -0.39 is 5.82 Å². The standard InChI is InChI=1S/C11H12FN3O2/c1-14-11(17)4-5-15(7-16)8-2-3-10(13)9(12)6-8/h2-7H,13H2,1H3,(H,14,17)/b5-4-. The van der Waals surface area contributed by atoms with Crippen molar-refractivity contribution in [2.24, 2.45) is 0 Å². The van der Waals surface area contributed by atoms with E-state index in [-0.39, 0.29) is 17.3 Å². The van der Waals surface area contributed by atoms with E-state index >= 15 is 0 Å². The van der Waals surface area contributed by atoms with E-state index in [1.165, 1.54) is 25.4 Å². The predicted octanol–water partition coefficient (Wildman–Crippen LogP) is 0.630. The molecule has 90 valence electrons. The first-order chi connectivity index (χ1) is 8.08.